The van der Waals surface area contributed by atoms with Crippen molar-refractivity contribution in [3.8, 4) is 0 Å². The summed E-state index contributed by atoms with van der Waals surface area (Å²) >= 11 is 5.90. The van der Waals surface area contributed by atoms with Gasteiger partial charge in [-0.15, -0.1) is 0 Å². The molecule has 3 aliphatic rings. The number of carbonyl (C=O) groups excluding carboxylic acids is 5. The standard InChI is InChI=1S/C19H19ClN4O5/c1-8(2)7-11-12-13(19(23-11)16(27)21-18(29)22-17(19)28)15(26)24(14(12)25)10-5-3-9(20)4-6-10/h3-6,8,11-13,23H,7H2,1-2H3,(H2,21,22,27,28,29)/t11-,12-,13+/m1/s1. The van der Waals surface area contributed by atoms with Crippen LogP contribution in [-0.4, -0.2) is 41.2 Å². The van der Waals surface area contributed by atoms with Gasteiger partial charge in [-0.2, -0.15) is 0 Å². The van der Waals surface area contributed by atoms with E-state index in [9.17, 15) is 24.0 Å². The van der Waals surface area contributed by atoms with E-state index in [1.165, 1.54) is 12.1 Å². The van der Waals surface area contributed by atoms with E-state index in [2.05, 4.69) is 16.0 Å². The van der Waals surface area contributed by atoms with Gasteiger partial charge in [-0.25, -0.2) is 9.69 Å². The van der Waals surface area contributed by atoms with Crippen molar-refractivity contribution in [3.05, 3.63) is 29.3 Å². The van der Waals surface area contributed by atoms with E-state index in [-0.39, 0.29) is 5.92 Å². The molecule has 0 radical (unpaired) electrons. The van der Waals surface area contributed by atoms with Crippen molar-refractivity contribution in [1.82, 2.24) is 16.0 Å². The summed E-state index contributed by atoms with van der Waals surface area (Å²) in [5.74, 6) is -5.05. The molecular formula is C19H19ClN4O5. The van der Waals surface area contributed by atoms with Crippen molar-refractivity contribution in [1.29, 1.82) is 0 Å². The fourth-order valence-electron chi connectivity index (χ4n) is 4.53. The third-order valence-electron chi connectivity index (χ3n) is 5.64. The Morgan fingerprint density at radius 3 is 2.14 bits per heavy atom. The van der Waals surface area contributed by atoms with Gasteiger partial charge >= 0.3 is 6.03 Å². The molecule has 152 valence electrons. The van der Waals surface area contributed by atoms with Crippen molar-refractivity contribution in [3.63, 3.8) is 0 Å². The predicted octanol–water partition coefficient (Wildman–Crippen LogP) is 0.568. The molecule has 4 rings (SSSR count). The first-order chi connectivity index (χ1) is 13.7. The molecule has 0 aliphatic carbocycles. The SMILES string of the molecule is CC(C)C[C@H]1NC2(C(=O)NC(=O)NC2=O)[C@@H]2C(=O)N(c3ccc(Cl)cc3)C(=O)[C@@H]21. The number of hydrogen-bond acceptors (Lipinski definition) is 6. The molecule has 1 aromatic rings. The Morgan fingerprint density at radius 1 is 1.00 bits per heavy atom. The number of carbonyl (C=O) groups is 5. The van der Waals surface area contributed by atoms with Crippen molar-refractivity contribution in [2.45, 2.75) is 31.8 Å². The summed E-state index contributed by atoms with van der Waals surface area (Å²) in [6.45, 7) is 3.87. The number of nitrogens with one attached hydrogen (secondary N) is 3. The van der Waals surface area contributed by atoms with Crippen LogP contribution in [0.5, 0.6) is 0 Å². The van der Waals surface area contributed by atoms with Crippen LogP contribution in [0.4, 0.5) is 10.5 Å². The van der Waals surface area contributed by atoms with Crippen LogP contribution in [0.25, 0.3) is 0 Å². The molecular weight excluding hydrogens is 400 g/mol. The van der Waals surface area contributed by atoms with Gasteiger partial charge in [0.1, 0.15) is 0 Å². The van der Waals surface area contributed by atoms with Crippen molar-refractivity contribution in [2.75, 3.05) is 4.90 Å². The molecule has 10 heteroatoms. The molecule has 1 spiro atoms. The summed E-state index contributed by atoms with van der Waals surface area (Å²) in [6.07, 6.45) is 0.463. The fraction of sp³-hybridized carbons (Fsp3) is 0.421. The second-order valence-electron chi connectivity index (χ2n) is 7.92. The molecule has 3 atom stereocenters. The minimum atomic E-state index is -2.02. The van der Waals surface area contributed by atoms with Crippen LogP contribution in [0, 0.1) is 17.8 Å². The third kappa shape index (κ3) is 2.76. The molecule has 3 saturated heterocycles. The first-order valence-corrected chi connectivity index (χ1v) is 9.62. The highest BCUT2D eigenvalue weighted by Crippen LogP contribution is 2.46. The van der Waals surface area contributed by atoms with E-state index in [1.54, 1.807) is 12.1 Å². The summed E-state index contributed by atoms with van der Waals surface area (Å²) < 4.78 is 0. The topological polar surface area (TPSA) is 125 Å². The Bertz CT molecular complexity index is 924. The highest BCUT2D eigenvalue weighted by atomic mass is 35.5. The predicted molar refractivity (Wildman–Crippen MR) is 102 cm³/mol. The van der Waals surface area contributed by atoms with Gasteiger partial charge in [0.15, 0.2) is 5.54 Å². The number of hydrogen-bond donors (Lipinski definition) is 3. The van der Waals surface area contributed by atoms with E-state index >= 15 is 0 Å². The second kappa shape index (κ2) is 6.64. The van der Waals surface area contributed by atoms with Gasteiger partial charge in [0.05, 0.1) is 17.5 Å². The lowest BCUT2D eigenvalue weighted by molar-refractivity contribution is -0.145. The van der Waals surface area contributed by atoms with E-state index in [0.29, 0.717) is 17.1 Å². The number of halogens is 1. The minimum Gasteiger partial charge on any atom is -0.291 e. The Balaban J connectivity index is 1.82. The Morgan fingerprint density at radius 2 is 1.59 bits per heavy atom. The average Bonchev–Trinajstić information content (AvgIpc) is 3.09. The van der Waals surface area contributed by atoms with Crippen molar-refractivity contribution >= 4 is 46.9 Å². The third-order valence-corrected chi connectivity index (χ3v) is 5.90. The molecule has 3 N–H and O–H groups in total. The molecule has 0 unspecified atom stereocenters. The van der Waals surface area contributed by atoms with Gasteiger partial charge in [-0.05, 0) is 36.6 Å². The van der Waals surface area contributed by atoms with Gasteiger partial charge in [-0.3, -0.25) is 35.1 Å². The maximum Gasteiger partial charge on any atom is 0.328 e. The van der Waals surface area contributed by atoms with Gasteiger partial charge in [-0.1, -0.05) is 25.4 Å². The largest absolute Gasteiger partial charge is 0.328 e. The average molecular weight is 419 g/mol. The first-order valence-electron chi connectivity index (χ1n) is 9.24. The molecule has 6 amide bonds. The Hall–Kier alpha value is -2.78. The van der Waals surface area contributed by atoms with Crippen LogP contribution >= 0.6 is 11.6 Å². The Kier molecular flexibility index (Phi) is 4.47. The van der Waals surface area contributed by atoms with E-state index in [0.717, 1.165) is 4.90 Å². The summed E-state index contributed by atoms with van der Waals surface area (Å²) in [4.78, 5) is 64.8. The monoisotopic (exact) mass is 418 g/mol. The number of amides is 6. The lowest BCUT2D eigenvalue weighted by Crippen LogP contribution is -2.74. The number of fused-ring (bicyclic) bond motifs is 2. The lowest BCUT2D eigenvalue weighted by Gasteiger charge is -2.34. The highest BCUT2D eigenvalue weighted by molar-refractivity contribution is 6.32. The lowest BCUT2D eigenvalue weighted by atomic mass is 9.77. The maximum absolute atomic E-state index is 13.3. The fourth-order valence-corrected chi connectivity index (χ4v) is 4.66. The Labute approximate surface area is 171 Å². The van der Waals surface area contributed by atoms with E-state index in [1.807, 2.05) is 13.8 Å². The number of anilines is 1. The molecule has 1 aromatic carbocycles. The zero-order chi connectivity index (χ0) is 21.1. The van der Waals surface area contributed by atoms with Crippen LogP contribution in [0.1, 0.15) is 20.3 Å². The van der Waals surface area contributed by atoms with E-state index in [4.69, 9.17) is 11.6 Å². The summed E-state index contributed by atoms with van der Waals surface area (Å²) in [6, 6.07) is 4.61. The summed E-state index contributed by atoms with van der Waals surface area (Å²) in [7, 11) is 0. The summed E-state index contributed by atoms with van der Waals surface area (Å²) in [5, 5.41) is 7.48. The van der Waals surface area contributed by atoms with Crippen molar-refractivity contribution < 1.29 is 24.0 Å². The van der Waals surface area contributed by atoms with Crippen LogP contribution in [0.15, 0.2) is 24.3 Å². The van der Waals surface area contributed by atoms with Crippen LogP contribution < -0.4 is 20.9 Å². The van der Waals surface area contributed by atoms with Gasteiger partial charge in [0.2, 0.25) is 11.8 Å². The normalized spacial score (nSPS) is 28.2. The van der Waals surface area contributed by atoms with Crippen LogP contribution in [0.3, 0.4) is 0 Å². The molecule has 9 nitrogen and oxygen atoms in total. The molecule has 0 aromatic heterocycles. The van der Waals surface area contributed by atoms with Gasteiger partial charge in [0, 0.05) is 11.1 Å². The number of rotatable bonds is 3. The quantitative estimate of drug-likeness (QED) is 0.487. The molecule has 3 fully saturated rings. The highest BCUT2D eigenvalue weighted by Gasteiger charge is 2.72. The molecule has 29 heavy (non-hydrogen) atoms. The zero-order valence-corrected chi connectivity index (χ0v) is 16.4. The zero-order valence-electron chi connectivity index (χ0n) is 15.7. The first kappa shape index (κ1) is 19.5. The number of barbiturate groups is 1. The smallest absolute Gasteiger partial charge is 0.291 e. The summed E-state index contributed by atoms with van der Waals surface area (Å²) in [5.41, 5.74) is -1.71. The molecule has 0 bridgehead atoms. The molecule has 3 heterocycles. The molecule has 0 saturated carbocycles. The number of nitrogens with zero attached hydrogens (tertiary/aromatic N) is 1. The number of imide groups is 3. The van der Waals surface area contributed by atoms with Gasteiger partial charge < -0.3 is 0 Å². The molecule has 3 aliphatic heterocycles. The second-order valence-corrected chi connectivity index (χ2v) is 8.35. The van der Waals surface area contributed by atoms with Crippen molar-refractivity contribution in [2.24, 2.45) is 17.8 Å². The number of urea groups is 1. The van der Waals surface area contributed by atoms with Gasteiger partial charge in [0.25, 0.3) is 11.8 Å². The minimum absolute atomic E-state index is 0.132. The van der Waals surface area contributed by atoms with E-state index < -0.39 is 53.1 Å². The van der Waals surface area contributed by atoms with Crippen LogP contribution in [0.2, 0.25) is 5.02 Å². The number of benzene rings is 1. The maximum atomic E-state index is 13.3. The van der Waals surface area contributed by atoms with Crippen LogP contribution in [-0.2, 0) is 19.2 Å².